The first-order valence-corrected chi connectivity index (χ1v) is 8.41. The van der Waals surface area contributed by atoms with Crippen LogP contribution in [0.25, 0.3) is 0 Å². The minimum atomic E-state index is 0.0857. The molecular weight excluding hydrogens is 334 g/mol. The Morgan fingerprint density at radius 1 is 1.00 bits per heavy atom. The van der Waals surface area contributed by atoms with Crippen LogP contribution in [0.1, 0.15) is 24.1 Å². The minimum absolute atomic E-state index is 0.0857. The van der Waals surface area contributed by atoms with Crippen molar-refractivity contribution < 1.29 is 0 Å². The standard InChI is InChI=1S/C19H20ClN5/c1-13(15-5-3-2-4-6-15)25-19-17(21)18(23-12-24-19)22-11-14-7-9-16(20)10-8-14/h2-10,12-13H,11,21H2,1H3,(H2,22,23,24,25). The predicted octanol–water partition coefficient (Wildman–Crippen LogP) is 4.50. The Kier molecular flexibility index (Phi) is 5.36. The summed E-state index contributed by atoms with van der Waals surface area (Å²) < 4.78 is 0. The van der Waals surface area contributed by atoms with Crippen molar-refractivity contribution in [1.82, 2.24) is 9.97 Å². The molecule has 1 heterocycles. The van der Waals surface area contributed by atoms with Gasteiger partial charge in [0.2, 0.25) is 0 Å². The molecule has 0 spiro atoms. The van der Waals surface area contributed by atoms with Gasteiger partial charge in [0.1, 0.15) is 12.0 Å². The number of hydrogen-bond donors (Lipinski definition) is 3. The highest BCUT2D eigenvalue weighted by atomic mass is 35.5. The van der Waals surface area contributed by atoms with E-state index in [2.05, 4.69) is 39.7 Å². The number of hydrogen-bond acceptors (Lipinski definition) is 5. The molecule has 128 valence electrons. The topological polar surface area (TPSA) is 75.9 Å². The monoisotopic (exact) mass is 353 g/mol. The van der Waals surface area contributed by atoms with Gasteiger partial charge in [-0.1, -0.05) is 54.1 Å². The Hall–Kier alpha value is -2.79. The fourth-order valence-corrected chi connectivity index (χ4v) is 2.60. The van der Waals surface area contributed by atoms with Crippen LogP contribution < -0.4 is 16.4 Å². The second-order valence-corrected chi connectivity index (χ2v) is 6.18. The summed E-state index contributed by atoms with van der Waals surface area (Å²) in [6.45, 7) is 2.67. The van der Waals surface area contributed by atoms with Crippen LogP contribution in [0.3, 0.4) is 0 Å². The van der Waals surface area contributed by atoms with Crippen LogP contribution in [0, 0.1) is 0 Å². The maximum absolute atomic E-state index is 6.23. The number of aromatic nitrogens is 2. The molecule has 6 heteroatoms. The van der Waals surface area contributed by atoms with E-state index in [0.717, 1.165) is 11.1 Å². The summed E-state index contributed by atoms with van der Waals surface area (Å²) in [4.78, 5) is 8.50. The van der Waals surface area contributed by atoms with Crippen molar-refractivity contribution in [2.45, 2.75) is 19.5 Å². The zero-order valence-electron chi connectivity index (χ0n) is 13.9. The Balaban J connectivity index is 1.70. The lowest BCUT2D eigenvalue weighted by Gasteiger charge is -2.17. The van der Waals surface area contributed by atoms with E-state index in [-0.39, 0.29) is 6.04 Å². The molecule has 2 aromatic carbocycles. The molecule has 3 aromatic rings. The first kappa shape index (κ1) is 17.0. The average Bonchev–Trinajstić information content (AvgIpc) is 2.64. The molecule has 1 aromatic heterocycles. The van der Waals surface area contributed by atoms with Gasteiger partial charge in [-0.2, -0.15) is 0 Å². The highest BCUT2D eigenvalue weighted by molar-refractivity contribution is 6.30. The van der Waals surface area contributed by atoms with Gasteiger partial charge in [0, 0.05) is 11.6 Å². The van der Waals surface area contributed by atoms with Gasteiger partial charge in [0.25, 0.3) is 0 Å². The third-order valence-corrected chi connectivity index (χ3v) is 4.16. The van der Waals surface area contributed by atoms with Crippen molar-refractivity contribution in [3.05, 3.63) is 77.1 Å². The number of nitrogens with two attached hydrogens (primary N) is 1. The van der Waals surface area contributed by atoms with Crippen LogP contribution in [0.2, 0.25) is 5.02 Å². The Bertz CT molecular complexity index is 821. The van der Waals surface area contributed by atoms with Crippen LogP contribution in [0.5, 0.6) is 0 Å². The predicted molar refractivity (Wildman–Crippen MR) is 104 cm³/mol. The molecule has 0 saturated heterocycles. The number of nitrogens with zero attached hydrogens (tertiary/aromatic N) is 2. The molecule has 1 unspecified atom stereocenters. The minimum Gasteiger partial charge on any atom is -0.393 e. The maximum Gasteiger partial charge on any atom is 0.155 e. The van der Waals surface area contributed by atoms with Gasteiger partial charge in [0.05, 0.1) is 6.04 Å². The van der Waals surface area contributed by atoms with E-state index in [4.69, 9.17) is 17.3 Å². The number of anilines is 3. The SMILES string of the molecule is CC(Nc1ncnc(NCc2ccc(Cl)cc2)c1N)c1ccccc1. The van der Waals surface area contributed by atoms with E-state index in [1.807, 2.05) is 42.5 Å². The van der Waals surface area contributed by atoms with Crippen molar-refractivity contribution in [3.63, 3.8) is 0 Å². The lowest BCUT2D eigenvalue weighted by Crippen LogP contribution is -2.12. The number of benzene rings is 2. The Morgan fingerprint density at radius 2 is 1.68 bits per heavy atom. The molecule has 1 atom stereocenters. The largest absolute Gasteiger partial charge is 0.393 e. The summed E-state index contributed by atoms with van der Waals surface area (Å²) >= 11 is 5.90. The quantitative estimate of drug-likeness (QED) is 0.608. The molecule has 5 nitrogen and oxygen atoms in total. The lowest BCUT2D eigenvalue weighted by molar-refractivity contribution is 0.873. The van der Waals surface area contributed by atoms with E-state index in [1.54, 1.807) is 0 Å². The van der Waals surface area contributed by atoms with Gasteiger partial charge >= 0.3 is 0 Å². The lowest BCUT2D eigenvalue weighted by atomic mass is 10.1. The molecule has 0 aliphatic rings. The zero-order valence-corrected chi connectivity index (χ0v) is 14.7. The van der Waals surface area contributed by atoms with Crippen molar-refractivity contribution in [2.75, 3.05) is 16.4 Å². The Morgan fingerprint density at radius 3 is 2.40 bits per heavy atom. The van der Waals surface area contributed by atoms with Gasteiger partial charge in [-0.3, -0.25) is 0 Å². The molecule has 3 rings (SSSR count). The molecule has 0 aliphatic carbocycles. The molecule has 25 heavy (non-hydrogen) atoms. The third-order valence-electron chi connectivity index (χ3n) is 3.91. The van der Waals surface area contributed by atoms with E-state index in [1.165, 1.54) is 6.33 Å². The highest BCUT2D eigenvalue weighted by Gasteiger charge is 2.11. The summed E-state index contributed by atoms with van der Waals surface area (Å²) in [5, 5.41) is 7.30. The zero-order chi connectivity index (χ0) is 17.6. The van der Waals surface area contributed by atoms with E-state index in [9.17, 15) is 0 Å². The third kappa shape index (κ3) is 4.39. The number of nitrogen functional groups attached to an aromatic ring is 1. The van der Waals surface area contributed by atoms with Crippen LogP contribution in [-0.2, 0) is 6.54 Å². The van der Waals surface area contributed by atoms with Crippen LogP contribution in [0.15, 0.2) is 60.9 Å². The van der Waals surface area contributed by atoms with Crippen molar-refractivity contribution >= 4 is 28.9 Å². The van der Waals surface area contributed by atoms with Gasteiger partial charge < -0.3 is 16.4 Å². The number of halogens is 1. The molecule has 0 amide bonds. The number of nitrogens with one attached hydrogen (secondary N) is 2. The normalized spacial score (nSPS) is 11.8. The van der Waals surface area contributed by atoms with Gasteiger partial charge in [-0.15, -0.1) is 0 Å². The summed E-state index contributed by atoms with van der Waals surface area (Å²) in [6, 6.07) is 17.9. The van der Waals surface area contributed by atoms with Crippen LogP contribution >= 0.6 is 11.6 Å². The van der Waals surface area contributed by atoms with E-state index >= 15 is 0 Å². The van der Waals surface area contributed by atoms with E-state index in [0.29, 0.717) is 28.9 Å². The van der Waals surface area contributed by atoms with Crippen molar-refractivity contribution in [2.24, 2.45) is 0 Å². The summed E-state index contributed by atoms with van der Waals surface area (Å²) in [5.74, 6) is 1.22. The average molecular weight is 354 g/mol. The Labute approximate surface area is 152 Å². The molecule has 0 bridgehead atoms. The fraction of sp³-hybridized carbons (Fsp3) is 0.158. The molecule has 0 aliphatic heterocycles. The van der Waals surface area contributed by atoms with Gasteiger partial charge in [-0.25, -0.2) is 9.97 Å². The summed E-state index contributed by atoms with van der Waals surface area (Å²) in [5.41, 5.74) is 8.98. The molecule has 0 saturated carbocycles. The van der Waals surface area contributed by atoms with Crippen molar-refractivity contribution in [1.29, 1.82) is 0 Å². The van der Waals surface area contributed by atoms with Crippen LogP contribution in [-0.4, -0.2) is 9.97 Å². The van der Waals surface area contributed by atoms with E-state index < -0.39 is 0 Å². The first-order chi connectivity index (χ1) is 12.1. The summed E-state index contributed by atoms with van der Waals surface area (Å²) in [7, 11) is 0. The maximum atomic E-state index is 6.23. The first-order valence-electron chi connectivity index (χ1n) is 8.04. The van der Waals surface area contributed by atoms with Gasteiger partial charge in [-0.05, 0) is 30.2 Å². The van der Waals surface area contributed by atoms with Crippen LogP contribution in [0.4, 0.5) is 17.3 Å². The smallest absolute Gasteiger partial charge is 0.155 e. The van der Waals surface area contributed by atoms with Gasteiger partial charge in [0.15, 0.2) is 11.6 Å². The summed E-state index contributed by atoms with van der Waals surface area (Å²) in [6.07, 6.45) is 1.50. The van der Waals surface area contributed by atoms with Crippen molar-refractivity contribution in [3.8, 4) is 0 Å². The molecule has 0 fully saturated rings. The highest BCUT2D eigenvalue weighted by Crippen LogP contribution is 2.26. The molecular formula is C19H20ClN5. The second kappa shape index (κ2) is 7.85. The molecule has 4 N–H and O–H groups in total. The fourth-order valence-electron chi connectivity index (χ4n) is 2.47. The molecule has 0 radical (unpaired) electrons. The second-order valence-electron chi connectivity index (χ2n) is 5.74. The number of rotatable bonds is 6.